The molecule has 0 aromatic carbocycles. The molecule has 422 valence electrons. The number of carbonyl (C=O) groups excluding carboxylic acids is 3. The number of ether oxygens (including phenoxy) is 5. The molecule has 0 amide bonds. The lowest BCUT2D eigenvalue weighted by molar-refractivity contribution is -0.493. The van der Waals surface area contributed by atoms with Crippen LogP contribution < -0.4 is 0 Å². The van der Waals surface area contributed by atoms with Gasteiger partial charge in [-0.05, 0) is 59.3 Å². The standard InChI is InChI=1S/C17H23F9O4.C12H17F5O5.C11H17F5O3/c1-4-8(2)12(27)30-11-6-9(13(3,28)15(18,19)20)5-10(7-11)14(29,16(21,22)23)17(24,25)26;1-4-7(2)8(18)20-5-9(3)10(19,11(13,14)15)12(16,17)22-6-21-9;1-4-6(2)8(17)19-7(11(14,15)16)5-10(3,18)9(12)13/h8-11,28-29H,4-7H2,1-3H3;7,19H,4-6H2,1-3H3;6-7,9,18H,4-5H2,1-3H3. The highest BCUT2D eigenvalue weighted by atomic mass is 19.4. The third kappa shape index (κ3) is 16.2. The Morgan fingerprint density at radius 2 is 1.08 bits per heavy atom. The van der Waals surface area contributed by atoms with Crippen LogP contribution in [0.15, 0.2) is 0 Å². The molecule has 11 unspecified atom stereocenters. The number of carbonyl (C=O) groups is 3. The molecule has 1 saturated carbocycles. The maximum atomic E-state index is 13.6. The summed E-state index contributed by atoms with van der Waals surface area (Å²) in [6, 6.07) is 0. The normalized spacial score (nSPS) is 26.9. The number of rotatable bonds is 15. The maximum absolute atomic E-state index is 13.6. The van der Waals surface area contributed by atoms with E-state index in [1.807, 2.05) is 0 Å². The first-order chi connectivity index (χ1) is 31.4. The highest BCUT2D eigenvalue weighted by Gasteiger charge is 2.81. The second kappa shape index (κ2) is 24.0. The monoisotopic (exact) mass is 1090 g/mol. The third-order valence-corrected chi connectivity index (χ3v) is 12.2. The second-order valence-corrected chi connectivity index (χ2v) is 17.8. The predicted octanol–water partition coefficient (Wildman–Crippen LogP) is 9.67. The summed E-state index contributed by atoms with van der Waals surface area (Å²) >= 11 is 0. The lowest BCUT2D eigenvalue weighted by atomic mass is 9.66. The van der Waals surface area contributed by atoms with Gasteiger partial charge in [0.25, 0.3) is 17.6 Å². The fourth-order valence-electron chi connectivity index (χ4n) is 6.46. The topological polar surface area (TPSA) is 178 Å². The van der Waals surface area contributed by atoms with Crippen LogP contribution in [0.4, 0.5) is 83.4 Å². The molecule has 2 fully saturated rings. The highest BCUT2D eigenvalue weighted by molar-refractivity contribution is 5.72. The van der Waals surface area contributed by atoms with Gasteiger partial charge in [-0.1, -0.05) is 41.5 Å². The molecule has 2 aliphatic rings. The van der Waals surface area contributed by atoms with Crippen molar-refractivity contribution in [3.63, 3.8) is 0 Å². The van der Waals surface area contributed by atoms with Crippen LogP contribution in [0.1, 0.15) is 107 Å². The number of halogens is 19. The van der Waals surface area contributed by atoms with Gasteiger partial charge in [-0.15, -0.1) is 0 Å². The summed E-state index contributed by atoms with van der Waals surface area (Å²) in [6.45, 7) is 7.90. The molecule has 0 aromatic heterocycles. The first kappa shape index (κ1) is 67.8. The average Bonchev–Trinajstić information content (AvgIpc) is 3.21. The van der Waals surface area contributed by atoms with E-state index in [4.69, 9.17) is 4.74 Å². The van der Waals surface area contributed by atoms with Crippen molar-refractivity contribution >= 4 is 17.9 Å². The van der Waals surface area contributed by atoms with E-state index >= 15 is 0 Å². The van der Waals surface area contributed by atoms with Crippen molar-refractivity contribution in [1.29, 1.82) is 0 Å². The summed E-state index contributed by atoms with van der Waals surface area (Å²) in [5, 5.41) is 38.4. The second-order valence-electron chi connectivity index (χ2n) is 17.8. The zero-order valence-electron chi connectivity index (χ0n) is 39.2. The van der Waals surface area contributed by atoms with Gasteiger partial charge in [-0.25, -0.2) is 8.78 Å². The van der Waals surface area contributed by atoms with Crippen molar-refractivity contribution in [1.82, 2.24) is 0 Å². The van der Waals surface area contributed by atoms with Gasteiger partial charge in [0, 0.05) is 18.3 Å². The molecule has 0 aromatic rings. The maximum Gasteiger partial charge on any atom is 0.429 e. The van der Waals surface area contributed by atoms with Crippen LogP contribution in [0.5, 0.6) is 0 Å². The number of esters is 3. The Bertz CT molecular complexity index is 1700. The Morgan fingerprint density at radius 1 is 0.662 bits per heavy atom. The molecule has 12 nitrogen and oxygen atoms in total. The van der Waals surface area contributed by atoms with Crippen molar-refractivity contribution in [2.24, 2.45) is 29.6 Å². The molecule has 0 spiro atoms. The summed E-state index contributed by atoms with van der Waals surface area (Å²) in [7, 11) is 0. The van der Waals surface area contributed by atoms with Crippen molar-refractivity contribution in [2.45, 2.75) is 191 Å². The highest BCUT2D eigenvalue weighted by Crippen LogP contribution is 2.56. The first-order valence-electron chi connectivity index (χ1n) is 21.2. The molecule has 0 radical (unpaired) electrons. The summed E-state index contributed by atoms with van der Waals surface area (Å²) in [5.41, 5.74) is -19.5. The van der Waals surface area contributed by atoms with E-state index in [1.54, 1.807) is 20.8 Å². The van der Waals surface area contributed by atoms with E-state index in [9.17, 15) is 118 Å². The molecular weight excluding hydrogens is 1030 g/mol. The summed E-state index contributed by atoms with van der Waals surface area (Å²) < 4.78 is 270. The Morgan fingerprint density at radius 3 is 1.46 bits per heavy atom. The number of alkyl halides is 19. The Hall–Kier alpha value is -3.16. The largest absolute Gasteiger partial charge is 0.462 e. The van der Waals surface area contributed by atoms with Crippen LogP contribution in [-0.2, 0) is 38.1 Å². The number of aliphatic hydroxyl groups is 4. The van der Waals surface area contributed by atoms with E-state index in [0.29, 0.717) is 20.3 Å². The van der Waals surface area contributed by atoms with Gasteiger partial charge >= 0.3 is 54.9 Å². The fraction of sp³-hybridized carbons (Fsp3) is 0.925. The van der Waals surface area contributed by atoms with Gasteiger partial charge in [-0.3, -0.25) is 19.1 Å². The third-order valence-electron chi connectivity index (χ3n) is 12.2. The van der Waals surface area contributed by atoms with Gasteiger partial charge in [0.15, 0.2) is 18.5 Å². The quantitative estimate of drug-likeness (QED) is 0.0695. The van der Waals surface area contributed by atoms with Crippen molar-refractivity contribution in [3.05, 3.63) is 0 Å². The predicted molar refractivity (Wildman–Crippen MR) is 202 cm³/mol. The molecular formula is C40H57F19O12. The summed E-state index contributed by atoms with van der Waals surface area (Å²) in [5.74, 6) is -10.3. The lowest BCUT2D eigenvalue weighted by Crippen LogP contribution is -2.76. The van der Waals surface area contributed by atoms with Crippen LogP contribution in [0.3, 0.4) is 0 Å². The molecule has 71 heavy (non-hydrogen) atoms. The molecule has 2 rings (SSSR count). The van der Waals surface area contributed by atoms with Crippen LogP contribution in [0, 0.1) is 29.6 Å². The molecule has 0 bridgehead atoms. The van der Waals surface area contributed by atoms with Gasteiger partial charge in [0.05, 0.1) is 17.8 Å². The minimum atomic E-state index is -6.27. The molecule has 11 atom stereocenters. The zero-order chi connectivity index (χ0) is 56.8. The van der Waals surface area contributed by atoms with E-state index in [-0.39, 0.29) is 19.8 Å². The fourth-order valence-corrected chi connectivity index (χ4v) is 6.46. The van der Waals surface area contributed by atoms with E-state index < -0.39 is 170 Å². The van der Waals surface area contributed by atoms with Gasteiger partial charge in [0.1, 0.15) is 23.9 Å². The first-order valence-corrected chi connectivity index (χ1v) is 21.2. The lowest BCUT2D eigenvalue weighted by Gasteiger charge is -2.50. The van der Waals surface area contributed by atoms with Crippen LogP contribution >= 0.6 is 0 Å². The minimum absolute atomic E-state index is 0.202. The molecule has 31 heteroatoms. The minimum Gasteiger partial charge on any atom is -0.462 e. The average molecular weight is 1090 g/mol. The smallest absolute Gasteiger partial charge is 0.429 e. The van der Waals surface area contributed by atoms with Crippen molar-refractivity contribution in [2.75, 3.05) is 13.4 Å². The molecule has 1 saturated heterocycles. The number of hydrogen-bond donors (Lipinski definition) is 4. The molecule has 1 aliphatic carbocycles. The molecule has 1 heterocycles. The summed E-state index contributed by atoms with van der Waals surface area (Å²) in [6.07, 6.45) is -45.6. The van der Waals surface area contributed by atoms with Gasteiger partial charge in [-0.2, -0.15) is 74.6 Å². The Labute approximate surface area is 393 Å². The van der Waals surface area contributed by atoms with Crippen LogP contribution in [-0.4, -0.2) is 135 Å². The molecule has 1 aliphatic heterocycles. The van der Waals surface area contributed by atoms with Crippen LogP contribution in [0.2, 0.25) is 0 Å². The Balaban J connectivity index is 0.00000107. The van der Waals surface area contributed by atoms with Gasteiger partial charge in [0.2, 0.25) is 0 Å². The SMILES string of the molecule is CCC(C)C(=O)OC(CC(C)(O)C(F)F)C(F)(F)F.CCC(C)C(=O)OC1CC(C(C)(O)C(F)(F)F)CC(C(O)(C(F)(F)F)C(F)(F)F)C1.CCC(C)C(=O)OCC1(C)OCOC(F)(F)C1(O)C(F)(F)F. The molecule has 4 N–H and O–H groups in total. The van der Waals surface area contributed by atoms with Crippen molar-refractivity contribution in [3.8, 4) is 0 Å². The zero-order valence-corrected chi connectivity index (χ0v) is 39.2. The van der Waals surface area contributed by atoms with Crippen molar-refractivity contribution < 1.29 is 142 Å². The van der Waals surface area contributed by atoms with E-state index in [2.05, 4.69) is 18.9 Å². The van der Waals surface area contributed by atoms with Crippen LogP contribution in [0.25, 0.3) is 0 Å². The van der Waals surface area contributed by atoms with E-state index in [1.165, 1.54) is 20.8 Å². The van der Waals surface area contributed by atoms with E-state index in [0.717, 1.165) is 0 Å². The van der Waals surface area contributed by atoms with Gasteiger partial charge < -0.3 is 39.4 Å². The number of hydrogen-bond acceptors (Lipinski definition) is 12. The summed E-state index contributed by atoms with van der Waals surface area (Å²) in [4.78, 5) is 34.7. The Kier molecular flexibility index (Phi) is 22.9.